The van der Waals surface area contributed by atoms with Crippen molar-refractivity contribution < 1.29 is 14.3 Å². The Morgan fingerprint density at radius 1 is 1.60 bits per heavy atom. The highest BCUT2D eigenvalue weighted by molar-refractivity contribution is 5.75. The van der Waals surface area contributed by atoms with Crippen LogP contribution in [0.5, 0.6) is 0 Å². The molecule has 0 rings (SSSR count). The van der Waals surface area contributed by atoms with E-state index < -0.39 is 11.4 Å². The van der Waals surface area contributed by atoms with Crippen LogP contribution in [0, 0.1) is 5.41 Å². The van der Waals surface area contributed by atoms with Crippen LogP contribution in [-0.4, -0.2) is 5.97 Å². The van der Waals surface area contributed by atoms with E-state index in [0.29, 0.717) is 6.42 Å². The first-order valence-electron chi connectivity index (χ1n) is 3.37. The summed E-state index contributed by atoms with van der Waals surface area (Å²) in [5.74, 6) is -0.783. The van der Waals surface area contributed by atoms with Gasteiger partial charge in [-0.1, -0.05) is 13.3 Å². The predicted octanol–water partition coefficient (Wildman–Crippen LogP) is 2.24. The number of carbonyl (C=O) groups is 1. The summed E-state index contributed by atoms with van der Waals surface area (Å²) in [7, 11) is 0. The summed E-state index contributed by atoms with van der Waals surface area (Å²) in [6.45, 7) is 5.27. The van der Waals surface area contributed by atoms with Crippen LogP contribution in [0.25, 0.3) is 0 Å². The van der Waals surface area contributed by atoms with Gasteiger partial charge in [0.2, 0.25) is 0 Å². The maximum absolute atomic E-state index is 11.4. The first-order chi connectivity index (χ1) is 4.54. The third kappa shape index (κ3) is 2.33. The van der Waals surface area contributed by atoms with E-state index in [1.807, 2.05) is 6.92 Å². The minimum Gasteiger partial charge on any atom is -0.254 e. The molecule has 0 aliphatic heterocycles. The second kappa shape index (κ2) is 3.54. The van der Waals surface area contributed by atoms with Gasteiger partial charge in [0, 0.05) is 4.53 Å². The van der Waals surface area contributed by atoms with Crippen molar-refractivity contribution in [3.63, 3.8) is 0 Å². The quantitative estimate of drug-likeness (QED) is 0.613. The molecule has 0 aliphatic carbocycles. The second-order valence-corrected chi connectivity index (χ2v) is 3.00. The van der Waals surface area contributed by atoms with Crippen LogP contribution in [0.2, 0.25) is 0 Å². The van der Waals surface area contributed by atoms with Gasteiger partial charge in [0.05, 0.1) is 5.41 Å². The summed E-state index contributed by atoms with van der Waals surface area (Å²) in [4.78, 5) is 13.8. The van der Waals surface area contributed by atoms with Crippen LogP contribution >= 0.6 is 0 Å². The molecule has 0 fully saturated rings. The van der Waals surface area contributed by atoms with Crippen LogP contribution in [0.15, 0.2) is 0 Å². The lowest BCUT2D eigenvalue weighted by Crippen LogP contribution is -2.24. The van der Waals surface area contributed by atoms with Crippen molar-refractivity contribution in [1.29, 1.82) is 0 Å². The molecule has 3 heteroatoms. The molecule has 0 unspecified atom stereocenters. The van der Waals surface area contributed by atoms with Crippen molar-refractivity contribution in [1.82, 2.24) is 0 Å². The molecule has 0 heterocycles. The second-order valence-electron chi connectivity index (χ2n) is 3.00. The van der Waals surface area contributed by atoms with Gasteiger partial charge < -0.3 is 0 Å². The van der Waals surface area contributed by atoms with Crippen LogP contribution in [-0.2, 0) is 9.74 Å². The molecule has 0 aliphatic rings. The monoisotopic (exact) mass is 148 g/mol. The molecule has 0 saturated heterocycles. The van der Waals surface area contributed by atoms with E-state index >= 15 is 0 Å². The Hall–Kier alpha value is -0.600. The van der Waals surface area contributed by atoms with Crippen molar-refractivity contribution in [2.45, 2.75) is 33.6 Å². The molecule has 0 radical (unpaired) electrons. The number of rotatable bonds is 3. The van der Waals surface area contributed by atoms with Gasteiger partial charge in [-0.3, -0.25) is 4.94 Å². The fourth-order valence-electron chi connectivity index (χ4n) is 0.831. The lowest BCUT2D eigenvalue weighted by atomic mass is 9.88. The van der Waals surface area contributed by atoms with E-state index in [0.717, 1.165) is 6.42 Å². The van der Waals surface area contributed by atoms with Crippen molar-refractivity contribution in [2.24, 2.45) is 5.41 Å². The van der Waals surface area contributed by atoms with Gasteiger partial charge in [0.1, 0.15) is 0 Å². The summed E-state index contributed by atoms with van der Waals surface area (Å²) in [6, 6.07) is 0. The summed E-state index contributed by atoms with van der Waals surface area (Å²) in [5, 5.41) is 0. The Kier molecular flexibility index (Phi) is 3.33. The molecule has 0 bridgehead atoms. The molecular weight excluding hydrogens is 135 g/mol. The maximum atomic E-state index is 11.4. The first kappa shape index (κ1) is 9.40. The molecule has 0 amide bonds. The van der Waals surface area contributed by atoms with Gasteiger partial charge in [-0.15, -0.1) is 0 Å². The topological polar surface area (TPSA) is 26.3 Å². The average Bonchev–Trinajstić information content (AvgIpc) is 1.86. The molecular formula is C7H13FO2. The normalized spacial score (nSPS) is 11.2. The van der Waals surface area contributed by atoms with E-state index in [2.05, 4.69) is 4.94 Å². The van der Waals surface area contributed by atoms with Crippen LogP contribution in [0.3, 0.4) is 0 Å². The number of carbonyl (C=O) groups excluding carboxylic acids is 1. The lowest BCUT2D eigenvalue weighted by molar-refractivity contribution is -0.195. The van der Waals surface area contributed by atoms with E-state index in [4.69, 9.17) is 0 Å². The minimum atomic E-state index is -0.783. The maximum Gasteiger partial charge on any atom is 0.354 e. The standard InChI is InChI=1S/C7H13FO2/c1-4-5-7(2,3)6(9)10-8/h4-5H2,1-3H3. The number of halogens is 1. The molecule has 0 aromatic carbocycles. The molecule has 0 aromatic rings. The Morgan fingerprint density at radius 2 is 2.10 bits per heavy atom. The lowest BCUT2D eigenvalue weighted by Gasteiger charge is -2.17. The van der Waals surface area contributed by atoms with Gasteiger partial charge in [0.25, 0.3) is 0 Å². The fraction of sp³-hybridized carbons (Fsp3) is 0.857. The van der Waals surface area contributed by atoms with Gasteiger partial charge >= 0.3 is 5.97 Å². The third-order valence-corrected chi connectivity index (χ3v) is 1.50. The van der Waals surface area contributed by atoms with Gasteiger partial charge in [-0.25, -0.2) is 4.79 Å². The largest absolute Gasteiger partial charge is 0.354 e. The highest BCUT2D eigenvalue weighted by Crippen LogP contribution is 2.23. The summed E-state index contributed by atoms with van der Waals surface area (Å²) in [5.41, 5.74) is -0.677. The van der Waals surface area contributed by atoms with Gasteiger partial charge in [-0.2, -0.15) is 0 Å². The van der Waals surface area contributed by atoms with Crippen molar-refractivity contribution in [3.05, 3.63) is 0 Å². The van der Waals surface area contributed by atoms with Gasteiger partial charge in [-0.05, 0) is 20.3 Å². The predicted molar refractivity (Wildman–Crippen MR) is 35.9 cm³/mol. The van der Waals surface area contributed by atoms with E-state index in [1.54, 1.807) is 13.8 Å². The molecule has 0 N–H and O–H groups in total. The van der Waals surface area contributed by atoms with Crippen molar-refractivity contribution in [3.8, 4) is 0 Å². The van der Waals surface area contributed by atoms with E-state index in [9.17, 15) is 9.32 Å². The van der Waals surface area contributed by atoms with Crippen LogP contribution < -0.4 is 0 Å². The highest BCUT2D eigenvalue weighted by atomic mass is 19.3. The first-order valence-corrected chi connectivity index (χ1v) is 3.37. The zero-order valence-electron chi connectivity index (χ0n) is 6.61. The van der Waals surface area contributed by atoms with Crippen molar-refractivity contribution >= 4 is 5.97 Å². The zero-order chi connectivity index (χ0) is 8.20. The molecule has 60 valence electrons. The Morgan fingerprint density at radius 3 is 2.40 bits per heavy atom. The van der Waals surface area contributed by atoms with Gasteiger partial charge in [0.15, 0.2) is 0 Å². The molecule has 0 aromatic heterocycles. The summed E-state index contributed by atoms with van der Waals surface area (Å²) < 4.78 is 11.4. The van der Waals surface area contributed by atoms with E-state index in [1.165, 1.54) is 0 Å². The zero-order valence-corrected chi connectivity index (χ0v) is 6.61. The van der Waals surface area contributed by atoms with Crippen LogP contribution in [0.1, 0.15) is 33.6 Å². The van der Waals surface area contributed by atoms with Crippen molar-refractivity contribution in [2.75, 3.05) is 0 Å². The molecule has 0 spiro atoms. The summed E-state index contributed by atoms with van der Waals surface area (Å²) in [6.07, 6.45) is 1.50. The summed E-state index contributed by atoms with van der Waals surface area (Å²) >= 11 is 0. The molecule has 0 saturated carbocycles. The Labute approximate surface area is 60.3 Å². The number of hydrogen-bond donors (Lipinski definition) is 0. The molecule has 2 nitrogen and oxygen atoms in total. The highest BCUT2D eigenvalue weighted by Gasteiger charge is 2.28. The Balaban J connectivity index is 3.96. The third-order valence-electron chi connectivity index (χ3n) is 1.50. The average molecular weight is 148 g/mol. The molecule has 0 atom stereocenters. The fourth-order valence-corrected chi connectivity index (χ4v) is 0.831. The van der Waals surface area contributed by atoms with Crippen LogP contribution in [0.4, 0.5) is 4.53 Å². The molecule has 10 heavy (non-hydrogen) atoms. The smallest absolute Gasteiger partial charge is 0.254 e. The van der Waals surface area contributed by atoms with E-state index in [-0.39, 0.29) is 0 Å². The number of hydrogen-bond acceptors (Lipinski definition) is 2. The minimum absolute atomic E-state index is 0.649. The Bertz CT molecular complexity index is 121. The SMILES string of the molecule is CCCC(C)(C)C(=O)OF.